The minimum absolute atomic E-state index is 0.0250. The van der Waals surface area contributed by atoms with Crippen molar-refractivity contribution >= 4 is 46.6 Å². The van der Waals surface area contributed by atoms with E-state index in [1.807, 2.05) is 30.3 Å². The van der Waals surface area contributed by atoms with Crippen LogP contribution in [0.3, 0.4) is 0 Å². The molecule has 1 heterocycles. The van der Waals surface area contributed by atoms with Crippen LogP contribution in [0.25, 0.3) is 0 Å². The molecule has 0 unspecified atom stereocenters. The largest absolute Gasteiger partial charge is 0.478 e. The summed E-state index contributed by atoms with van der Waals surface area (Å²) in [4.78, 5) is 36.8. The summed E-state index contributed by atoms with van der Waals surface area (Å²) in [7, 11) is 0. The van der Waals surface area contributed by atoms with Crippen LogP contribution < -0.4 is 10.6 Å². The molecule has 0 aromatic heterocycles. The van der Waals surface area contributed by atoms with Crippen molar-refractivity contribution in [2.75, 3.05) is 4.90 Å². The van der Waals surface area contributed by atoms with Crippen LogP contribution in [-0.4, -0.2) is 39.5 Å². The molecule has 3 rings (SSSR count). The summed E-state index contributed by atoms with van der Waals surface area (Å²) in [6, 6.07) is 14.9. The van der Waals surface area contributed by atoms with E-state index in [-0.39, 0.29) is 23.1 Å². The number of carboxylic acid groups (broad SMARTS) is 1. The number of benzene rings is 2. The second-order valence-electron chi connectivity index (χ2n) is 5.82. The lowest BCUT2D eigenvalue weighted by Crippen LogP contribution is -2.31. The molecule has 0 aliphatic carbocycles. The van der Waals surface area contributed by atoms with Crippen molar-refractivity contribution in [3.05, 3.63) is 65.7 Å². The van der Waals surface area contributed by atoms with Gasteiger partial charge in [-0.25, -0.2) is 9.69 Å². The number of anilines is 1. The van der Waals surface area contributed by atoms with E-state index in [1.165, 1.54) is 30.5 Å². The average molecular weight is 396 g/mol. The molecule has 8 nitrogen and oxygen atoms in total. The molecule has 0 spiro atoms. The summed E-state index contributed by atoms with van der Waals surface area (Å²) >= 11 is 0.969. The Hall–Kier alpha value is -3.46. The van der Waals surface area contributed by atoms with E-state index >= 15 is 0 Å². The smallest absolute Gasteiger partial charge is 0.335 e. The zero-order valence-corrected chi connectivity index (χ0v) is 15.4. The van der Waals surface area contributed by atoms with Gasteiger partial charge < -0.3 is 10.8 Å². The summed E-state index contributed by atoms with van der Waals surface area (Å²) < 4.78 is 0. The lowest BCUT2D eigenvalue weighted by Gasteiger charge is -2.14. The van der Waals surface area contributed by atoms with Crippen molar-refractivity contribution in [3.8, 4) is 0 Å². The molecule has 142 valence electrons. The first kappa shape index (κ1) is 19.3. The molecule has 1 atom stereocenters. The van der Waals surface area contributed by atoms with Crippen LogP contribution in [0.2, 0.25) is 0 Å². The Labute approximate surface area is 164 Å². The number of carboxylic acids is 1. The Balaban J connectivity index is 1.66. The van der Waals surface area contributed by atoms with Gasteiger partial charge >= 0.3 is 5.97 Å². The molecule has 9 heteroatoms. The Morgan fingerprint density at radius 1 is 1.14 bits per heavy atom. The van der Waals surface area contributed by atoms with Crippen LogP contribution in [0.4, 0.5) is 5.69 Å². The Morgan fingerprint density at radius 3 is 2.46 bits per heavy atom. The second-order valence-corrected chi connectivity index (χ2v) is 7.05. The Kier molecular flexibility index (Phi) is 5.85. The first-order valence-electron chi connectivity index (χ1n) is 8.24. The molecule has 3 N–H and O–H groups in total. The van der Waals surface area contributed by atoms with Gasteiger partial charge in [0.2, 0.25) is 11.8 Å². The van der Waals surface area contributed by atoms with E-state index in [0.29, 0.717) is 5.69 Å². The van der Waals surface area contributed by atoms with Gasteiger partial charge in [0.25, 0.3) is 0 Å². The quantitative estimate of drug-likeness (QED) is 0.345. The zero-order chi connectivity index (χ0) is 20.1. The maximum Gasteiger partial charge on any atom is 0.335 e. The molecule has 0 bridgehead atoms. The molecule has 2 amide bonds. The molecule has 1 aliphatic heterocycles. The van der Waals surface area contributed by atoms with Gasteiger partial charge in [0.05, 0.1) is 17.5 Å². The van der Waals surface area contributed by atoms with Gasteiger partial charge in [0, 0.05) is 6.42 Å². The van der Waals surface area contributed by atoms with E-state index in [0.717, 1.165) is 22.2 Å². The van der Waals surface area contributed by atoms with Gasteiger partial charge in [0.15, 0.2) is 5.17 Å². The third-order valence-electron chi connectivity index (χ3n) is 3.90. The normalized spacial score (nSPS) is 17.5. The number of nitrogens with zero attached hydrogens (tertiary/aromatic N) is 3. The molecule has 2 aromatic carbocycles. The van der Waals surface area contributed by atoms with Gasteiger partial charge in [-0.3, -0.25) is 9.59 Å². The van der Waals surface area contributed by atoms with E-state index in [1.54, 1.807) is 0 Å². The number of nitrogens with two attached hydrogens (primary N) is 1. The summed E-state index contributed by atoms with van der Waals surface area (Å²) in [6.45, 7) is 0. The fourth-order valence-corrected chi connectivity index (χ4v) is 3.40. The topological polar surface area (TPSA) is 125 Å². The SMILES string of the molecule is NC(=N/N=C\c1ccccc1)S[C@H]1CC(=O)N(c2ccc(C(=O)O)cc2)C1=O. The third kappa shape index (κ3) is 4.44. The van der Waals surface area contributed by atoms with Gasteiger partial charge in [-0.1, -0.05) is 42.1 Å². The molecular formula is C19H16N4O4S. The van der Waals surface area contributed by atoms with Gasteiger partial charge in [0.1, 0.15) is 5.25 Å². The number of imide groups is 1. The van der Waals surface area contributed by atoms with E-state index in [2.05, 4.69) is 10.2 Å². The number of hydrogen-bond donors (Lipinski definition) is 2. The van der Waals surface area contributed by atoms with E-state index in [9.17, 15) is 14.4 Å². The molecule has 1 saturated heterocycles. The molecular weight excluding hydrogens is 380 g/mol. The van der Waals surface area contributed by atoms with E-state index in [4.69, 9.17) is 10.8 Å². The number of rotatable bonds is 5. The molecule has 2 aromatic rings. The predicted octanol–water partition coefficient (Wildman–Crippen LogP) is 2.10. The minimum Gasteiger partial charge on any atom is -0.478 e. The summed E-state index contributed by atoms with van der Waals surface area (Å²) in [5.74, 6) is -1.89. The van der Waals surface area contributed by atoms with Crippen molar-refractivity contribution in [3.63, 3.8) is 0 Å². The van der Waals surface area contributed by atoms with Crippen LogP contribution in [-0.2, 0) is 9.59 Å². The predicted molar refractivity (Wildman–Crippen MR) is 108 cm³/mol. The summed E-state index contributed by atoms with van der Waals surface area (Å²) in [5.41, 5.74) is 7.06. The van der Waals surface area contributed by atoms with Gasteiger partial charge in [-0.05, 0) is 29.8 Å². The number of thioether (sulfide) groups is 1. The zero-order valence-electron chi connectivity index (χ0n) is 14.6. The fraction of sp³-hybridized carbons (Fsp3) is 0.105. The molecule has 0 saturated carbocycles. The van der Waals surface area contributed by atoms with Crippen molar-refractivity contribution in [1.82, 2.24) is 0 Å². The van der Waals surface area contributed by atoms with Crippen LogP contribution >= 0.6 is 11.8 Å². The van der Waals surface area contributed by atoms with E-state index < -0.39 is 17.1 Å². The highest BCUT2D eigenvalue weighted by Gasteiger charge is 2.40. The number of amides is 2. The average Bonchev–Trinajstić information content (AvgIpc) is 2.96. The highest BCUT2D eigenvalue weighted by atomic mass is 32.2. The van der Waals surface area contributed by atoms with Crippen LogP contribution in [0.15, 0.2) is 64.8 Å². The lowest BCUT2D eigenvalue weighted by molar-refractivity contribution is -0.121. The first-order chi connectivity index (χ1) is 13.5. The molecule has 1 aliphatic rings. The molecule has 1 fully saturated rings. The van der Waals surface area contributed by atoms with Crippen LogP contribution in [0.1, 0.15) is 22.3 Å². The third-order valence-corrected chi connectivity index (χ3v) is 4.88. The number of hydrogen-bond acceptors (Lipinski definition) is 6. The second kappa shape index (κ2) is 8.49. The fourth-order valence-electron chi connectivity index (χ4n) is 2.58. The standard InChI is InChI=1S/C19H16N4O4S/c20-19(22-21-11-12-4-2-1-3-5-12)28-15-10-16(24)23(17(15)25)14-8-6-13(7-9-14)18(26)27/h1-9,11,15H,10H2,(H2,20,22)(H,26,27)/b21-11-/t15-/m0/s1. The Bertz CT molecular complexity index is 958. The van der Waals surface area contributed by atoms with Crippen molar-refractivity contribution in [2.45, 2.75) is 11.7 Å². The first-order valence-corrected chi connectivity index (χ1v) is 9.12. The van der Waals surface area contributed by atoms with Gasteiger partial charge in [-0.2, -0.15) is 5.10 Å². The Morgan fingerprint density at radius 2 is 1.82 bits per heavy atom. The van der Waals surface area contributed by atoms with Crippen LogP contribution in [0.5, 0.6) is 0 Å². The summed E-state index contributed by atoms with van der Waals surface area (Å²) in [6.07, 6.45) is 1.51. The summed E-state index contributed by atoms with van der Waals surface area (Å²) in [5, 5.41) is 16.0. The number of aromatic carboxylic acids is 1. The number of carbonyl (C=O) groups is 3. The highest BCUT2D eigenvalue weighted by Crippen LogP contribution is 2.29. The lowest BCUT2D eigenvalue weighted by atomic mass is 10.2. The van der Waals surface area contributed by atoms with Crippen molar-refractivity contribution < 1.29 is 19.5 Å². The van der Waals surface area contributed by atoms with Gasteiger partial charge in [-0.15, -0.1) is 5.10 Å². The number of amidine groups is 1. The minimum atomic E-state index is -1.08. The molecule has 0 radical (unpaired) electrons. The highest BCUT2D eigenvalue weighted by molar-refractivity contribution is 8.14. The monoisotopic (exact) mass is 396 g/mol. The number of carbonyl (C=O) groups excluding carboxylic acids is 2. The maximum absolute atomic E-state index is 12.6. The van der Waals surface area contributed by atoms with Crippen LogP contribution in [0, 0.1) is 0 Å². The van der Waals surface area contributed by atoms with Crippen molar-refractivity contribution in [1.29, 1.82) is 0 Å². The maximum atomic E-state index is 12.6. The molecule has 28 heavy (non-hydrogen) atoms. The van der Waals surface area contributed by atoms with Crippen molar-refractivity contribution in [2.24, 2.45) is 15.9 Å².